The van der Waals surface area contributed by atoms with E-state index in [1.54, 1.807) is 0 Å². The topological polar surface area (TPSA) is 95.9 Å². The molecular weight excluding hydrogens is 432 g/mol. The Morgan fingerprint density at radius 2 is 1.56 bits per heavy atom. The number of carbonyl (C=O) groups excluding carboxylic acids is 2. The Morgan fingerprint density at radius 3 is 2.09 bits per heavy atom. The molecule has 0 aliphatic heterocycles. The van der Waals surface area contributed by atoms with Crippen molar-refractivity contribution in [2.75, 3.05) is 13.2 Å². The number of nitrogens with zero attached hydrogens (tertiary/aromatic N) is 1. The molecule has 0 radical (unpaired) electrons. The van der Waals surface area contributed by atoms with Crippen LogP contribution in [-0.2, 0) is 14.3 Å². The lowest BCUT2D eigenvalue weighted by molar-refractivity contribution is -0.147. The lowest BCUT2D eigenvalue weighted by atomic mass is 9.98. The van der Waals surface area contributed by atoms with Gasteiger partial charge in [0.1, 0.15) is 19.2 Å². The number of ether oxygens (including phenoxy) is 1. The van der Waals surface area contributed by atoms with Crippen molar-refractivity contribution >= 4 is 18.0 Å². The molecule has 1 atom stereocenters. The highest BCUT2D eigenvalue weighted by Crippen LogP contribution is 2.44. The average Bonchev–Trinajstić information content (AvgIpc) is 3.46. The van der Waals surface area contributed by atoms with Gasteiger partial charge in [-0.15, -0.1) is 0 Å². The Labute approximate surface area is 200 Å². The van der Waals surface area contributed by atoms with E-state index in [0.717, 1.165) is 47.9 Å². The molecule has 2 aliphatic carbocycles. The highest BCUT2D eigenvalue weighted by Gasteiger charge is 2.36. The van der Waals surface area contributed by atoms with Crippen LogP contribution in [0.25, 0.3) is 11.1 Å². The summed E-state index contributed by atoms with van der Waals surface area (Å²) in [6.07, 6.45) is 2.85. The zero-order valence-electron chi connectivity index (χ0n) is 19.7. The number of aliphatic carboxylic acids is 1. The van der Waals surface area contributed by atoms with Crippen molar-refractivity contribution in [1.82, 2.24) is 10.2 Å². The first kappa shape index (κ1) is 23.8. The quantitative estimate of drug-likeness (QED) is 0.604. The van der Waals surface area contributed by atoms with Crippen molar-refractivity contribution in [3.8, 4) is 11.1 Å². The number of hydrogen-bond donors (Lipinski definition) is 2. The highest BCUT2D eigenvalue weighted by atomic mass is 16.5. The summed E-state index contributed by atoms with van der Waals surface area (Å²) in [7, 11) is 0. The molecule has 2 aromatic carbocycles. The normalized spacial score (nSPS) is 16.1. The van der Waals surface area contributed by atoms with Crippen molar-refractivity contribution in [2.24, 2.45) is 5.92 Å². The summed E-state index contributed by atoms with van der Waals surface area (Å²) in [5.41, 5.74) is 4.51. The molecule has 7 heteroatoms. The molecule has 2 N–H and O–H groups in total. The van der Waals surface area contributed by atoms with E-state index in [0.29, 0.717) is 0 Å². The molecule has 0 spiro atoms. The summed E-state index contributed by atoms with van der Waals surface area (Å²) < 4.78 is 5.62. The second-order valence-electron chi connectivity index (χ2n) is 9.49. The summed E-state index contributed by atoms with van der Waals surface area (Å²) in [5, 5.41) is 12.1. The summed E-state index contributed by atoms with van der Waals surface area (Å²) in [4.78, 5) is 39.0. The summed E-state index contributed by atoms with van der Waals surface area (Å²) >= 11 is 0. The van der Waals surface area contributed by atoms with Crippen LogP contribution in [0.1, 0.15) is 56.6 Å². The van der Waals surface area contributed by atoms with Crippen molar-refractivity contribution in [2.45, 2.75) is 57.5 Å². The SMILES string of the molecule is CC(C)[C@H](NC(=O)OCC1c2ccccc2-c2ccccc21)C(=O)N(CC(=O)O)C1CCCC1. The Balaban J connectivity index is 1.44. The molecule has 1 saturated carbocycles. The third-order valence-electron chi connectivity index (χ3n) is 6.90. The van der Waals surface area contributed by atoms with Crippen LogP contribution in [0, 0.1) is 5.92 Å². The average molecular weight is 465 g/mol. The van der Waals surface area contributed by atoms with Crippen LogP contribution >= 0.6 is 0 Å². The number of carbonyl (C=O) groups is 3. The molecule has 0 aromatic heterocycles. The fraction of sp³-hybridized carbons (Fsp3) is 0.444. The van der Waals surface area contributed by atoms with E-state index in [4.69, 9.17) is 4.74 Å². The van der Waals surface area contributed by atoms with Gasteiger partial charge in [-0.3, -0.25) is 9.59 Å². The Bertz CT molecular complexity index is 1010. The molecule has 2 aromatic rings. The van der Waals surface area contributed by atoms with E-state index in [-0.39, 0.29) is 36.9 Å². The van der Waals surface area contributed by atoms with E-state index in [2.05, 4.69) is 17.4 Å². The van der Waals surface area contributed by atoms with E-state index in [1.807, 2.05) is 50.2 Å². The Hall–Kier alpha value is -3.35. The predicted molar refractivity (Wildman–Crippen MR) is 128 cm³/mol. The van der Waals surface area contributed by atoms with Gasteiger partial charge in [0, 0.05) is 12.0 Å². The molecule has 180 valence electrons. The minimum atomic E-state index is -1.05. The summed E-state index contributed by atoms with van der Waals surface area (Å²) in [5.74, 6) is -1.71. The van der Waals surface area contributed by atoms with Crippen LogP contribution in [0.5, 0.6) is 0 Å². The second-order valence-corrected chi connectivity index (χ2v) is 9.49. The molecule has 4 rings (SSSR count). The van der Waals surface area contributed by atoms with Crippen molar-refractivity contribution in [1.29, 1.82) is 0 Å². The van der Waals surface area contributed by atoms with Gasteiger partial charge < -0.3 is 20.1 Å². The maximum absolute atomic E-state index is 13.3. The van der Waals surface area contributed by atoms with Gasteiger partial charge in [0.25, 0.3) is 0 Å². The molecule has 0 saturated heterocycles. The first-order chi connectivity index (χ1) is 16.4. The van der Waals surface area contributed by atoms with E-state index < -0.39 is 18.1 Å². The van der Waals surface area contributed by atoms with Crippen LogP contribution in [-0.4, -0.2) is 53.2 Å². The smallest absolute Gasteiger partial charge is 0.407 e. The number of carboxylic acids is 1. The molecule has 0 heterocycles. The molecule has 1 fully saturated rings. The first-order valence-corrected chi connectivity index (χ1v) is 12.0. The number of benzene rings is 2. The van der Waals surface area contributed by atoms with Crippen molar-refractivity contribution in [3.63, 3.8) is 0 Å². The van der Waals surface area contributed by atoms with Gasteiger partial charge >= 0.3 is 12.1 Å². The van der Waals surface area contributed by atoms with Crippen molar-refractivity contribution in [3.05, 3.63) is 59.7 Å². The number of nitrogens with one attached hydrogen (secondary N) is 1. The number of amides is 2. The Morgan fingerprint density at radius 1 is 1.00 bits per heavy atom. The van der Waals surface area contributed by atoms with E-state index in [9.17, 15) is 19.5 Å². The standard InChI is InChI=1S/C27H32N2O5/c1-17(2)25(26(32)29(15-24(30)31)18-9-3-4-10-18)28-27(33)34-16-23-21-13-7-5-11-19(21)20-12-6-8-14-22(20)23/h5-8,11-14,17-18,23,25H,3-4,9-10,15-16H2,1-2H3,(H,28,33)(H,30,31)/t25-/m0/s1. The predicted octanol–water partition coefficient (Wildman–Crippen LogP) is 4.41. The van der Waals surface area contributed by atoms with Gasteiger partial charge in [0.2, 0.25) is 5.91 Å². The van der Waals surface area contributed by atoms with Crippen molar-refractivity contribution < 1.29 is 24.2 Å². The maximum Gasteiger partial charge on any atom is 0.407 e. The van der Waals surface area contributed by atoms with Gasteiger partial charge in [0.05, 0.1) is 0 Å². The van der Waals surface area contributed by atoms with Crippen LogP contribution in [0.2, 0.25) is 0 Å². The molecule has 34 heavy (non-hydrogen) atoms. The molecule has 2 aliphatic rings. The second kappa shape index (κ2) is 10.3. The van der Waals surface area contributed by atoms with Gasteiger partial charge in [-0.25, -0.2) is 4.79 Å². The van der Waals surface area contributed by atoms with Gasteiger partial charge in [-0.05, 0) is 41.0 Å². The number of alkyl carbamates (subject to hydrolysis) is 1. The minimum Gasteiger partial charge on any atom is -0.480 e. The maximum atomic E-state index is 13.3. The number of hydrogen-bond acceptors (Lipinski definition) is 4. The Kier molecular flexibility index (Phi) is 7.20. The zero-order chi connectivity index (χ0) is 24.2. The lowest BCUT2D eigenvalue weighted by Crippen LogP contribution is -2.54. The molecule has 7 nitrogen and oxygen atoms in total. The largest absolute Gasteiger partial charge is 0.480 e. The van der Waals surface area contributed by atoms with Gasteiger partial charge in [-0.2, -0.15) is 0 Å². The number of carboxylic acid groups (broad SMARTS) is 1. The molecule has 0 bridgehead atoms. The van der Waals surface area contributed by atoms with Gasteiger partial charge in [0.15, 0.2) is 0 Å². The molecule has 0 unspecified atom stereocenters. The monoisotopic (exact) mass is 464 g/mol. The lowest BCUT2D eigenvalue weighted by Gasteiger charge is -2.32. The zero-order valence-corrected chi connectivity index (χ0v) is 19.7. The highest BCUT2D eigenvalue weighted by molar-refractivity contribution is 5.88. The summed E-state index contributed by atoms with van der Waals surface area (Å²) in [6.45, 7) is 3.46. The van der Waals surface area contributed by atoms with Crippen LogP contribution in [0.15, 0.2) is 48.5 Å². The third-order valence-corrected chi connectivity index (χ3v) is 6.90. The summed E-state index contributed by atoms with van der Waals surface area (Å²) in [6, 6.07) is 15.2. The third kappa shape index (κ3) is 4.93. The van der Waals surface area contributed by atoms with Crippen LogP contribution < -0.4 is 5.32 Å². The fourth-order valence-corrected chi connectivity index (χ4v) is 5.21. The fourth-order valence-electron chi connectivity index (χ4n) is 5.21. The molecule has 2 amide bonds. The number of rotatable bonds is 8. The first-order valence-electron chi connectivity index (χ1n) is 12.0. The van der Waals surface area contributed by atoms with Gasteiger partial charge in [-0.1, -0.05) is 75.2 Å². The van der Waals surface area contributed by atoms with Crippen LogP contribution in [0.3, 0.4) is 0 Å². The minimum absolute atomic E-state index is 0.0756. The van der Waals surface area contributed by atoms with Crippen LogP contribution in [0.4, 0.5) is 4.79 Å². The molecular formula is C27H32N2O5. The van der Waals surface area contributed by atoms with E-state index >= 15 is 0 Å². The van der Waals surface area contributed by atoms with E-state index in [1.165, 1.54) is 4.90 Å². The number of fused-ring (bicyclic) bond motifs is 3.